The summed E-state index contributed by atoms with van der Waals surface area (Å²) in [5.41, 5.74) is 1.57. The molecule has 36 heavy (non-hydrogen) atoms. The van der Waals surface area contributed by atoms with E-state index in [0.717, 1.165) is 13.1 Å². The summed E-state index contributed by atoms with van der Waals surface area (Å²) in [6, 6.07) is 13.2. The van der Waals surface area contributed by atoms with Crippen LogP contribution in [0.5, 0.6) is 0 Å². The monoisotopic (exact) mass is 512 g/mol. The SMILES string of the molecule is CC.CCC(=O)N1CCCCC1.Cc1ncccc1C(=O)Nc1ccc(S(N)(=O)=O)c2ccccc12. The largest absolute Gasteiger partial charge is 0.343 e. The number of aryl methyl sites for hydroxylation is 1. The molecule has 0 radical (unpaired) electrons. The van der Waals surface area contributed by atoms with Crippen LogP contribution in [-0.2, 0) is 14.8 Å². The smallest absolute Gasteiger partial charge is 0.257 e. The van der Waals surface area contributed by atoms with Crippen molar-refractivity contribution in [3.05, 3.63) is 66.0 Å². The van der Waals surface area contributed by atoms with E-state index in [1.165, 1.54) is 31.4 Å². The van der Waals surface area contributed by atoms with Crippen molar-refractivity contribution in [1.29, 1.82) is 0 Å². The lowest BCUT2D eigenvalue weighted by Crippen LogP contribution is -2.34. The van der Waals surface area contributed by atoms with Crippen molar-refractivity contribution in [3.8, 4) is 0 Å². The number of carbonyl (C=O) groups is 2. The second kappa shape index (κ2) is 13.7. The summed E-state index contributed by atoms with van der Waals surface area (Å²) in [7, 11) is -3.86. The van der Waals surface area contributed by atoms with Crippen LogP contribution in [0.3, 0.4) is 0 Å². The van der Waals surface area contributed by atoms with Gasteiger partial charge in [0, 0.05) is 47.9 Å². The van der Waals surface area contributed by atoms with Gasteiger partial charge in [0.25, 0.3) is 5.91 Å². The van der Waals surface area contributed by atoms with Crippen LogP contribution in [0.15, 0.2) is 59.6 Å². The standard InChI is InChI=1S/C17H15N3O3S.C8H15NO.C2H6/c1-11-12(7-4-10-19-11)17(21)20-15-8-9-16(24(18,22)23)14-6-3-2-5-13(14)15;1-2-8(10)9-6-4-3-5-7-9;1-2/h2-10H,1H3,(H,20,21)(H2,18,22,23);2-7H2,1H3;1-2H3. The number of nitrogens with zero attached hydrogens (tertiary/aromatic N) is 2. The number of hydrogen-bond acceptors (Lipinski definition) is 5. The van der Waals surface area contributed by atoms with E-state index >= 15 is 0 Å². The van der Waals surface area contributed by atoms with Crippen molar-refractivity contribution in [3.63, 3.8) is 0 Å². The molecule has 2 amide bonds. The summed E-state index contributed by atoms with van der Waals surface area (Å²) in [5.74, 6) is 0.00816. The molecule has 1 aromatic heterocycles. The van der Waals surface area contributed by atoms with Crippen LogP contribution in [0.1, 0.15) is 62.5 Å². The van der Waals surface area contributed by atoms with Crippen molar-refractivity contribution in [2.75, 3.05) is 18.4 Å². The molecule has 4 rings (SSSR count). The zero-order valence-electron chi connectivity index (χ0n) is 21.5. The minimum Gasteiger partial charge on any atom is -0.343 e. The quantitative estimate of drug-likeness (QED) is 0.516. The van der Waals surface area contributed by atoms with Crippen LogP contribution >= 0.6 is 0 Å². The molecule has 1 aliphatic rings. The number of pyridine rings is 1. The van der Waals surface area contributed by atoms with Gasteiger partial charge in [0.05, 0.1) is 10.5 Å². The van der Waals surface area contributed by atoms with Crippen molar-refractivity contribution in [1.82, 2.24) is 9.88 Å². The fourth-order valence-electron chi connectivity index (χ4n) is 3.91. The Morgan fingerprint density at radius 1 is 0.972 bits per heavy atom. The lowest BCUT2D eigenvalue weighted by Gasteiger charge is -2.26. The van der Waals surface area contributed by atoms with Crippen molar-refractivity contribution in [2.45, 2.75) is 58.3 Å². The Hall–Kier alpha value is -3.30. The van der Waals surface area contributed by atoms with Crippen LogP contribution in [0.4, 0.5) is 5.69 Å². The zero-order valence-corrected chi connectivity index (χ0v) is 22.3. The Balaban J connectivity index is 0.000000318. The van der Waals surface area contributed by atoms with Crippen molar-refractivity contribution in [2.24, 2.45) is 5.14 Å². The first-order chi connectivity index (χ1) is 17.2. The van der Waals surface area contributed by atoms with Gasteiger partial charge in [0.2, 0.25) is 15.9 Å². The highest BCUT2D eigenvalue weighted by Crippen LogP contribution is 2.29. The van der Waals surface area contributed by atoms with E-state index in [9.17, 15) is 18.0 Å². The fraction of sp³-hybridized carbons (Fsp3) is 0.370. The van der Waals surface area contributed by atoms with Gasteiger partial charge in [-0.2, -0.15) is 0 Å². The van der Waals surface area contributed by atoms with Crippen LogP contribution < -0.4 is 10.5 Å². The number of nitrogens with one attached hydrogen (secondary N) is 1. The Morgan fingerprint density at radius 3 is 2.19 bits per heavy atom. The second-order valence-corrected chi connectivity index (χ2v) is 9.62. The van der Waals surface area contributed by atoms with Gasteiger partial charge >= 0.3 is 0 Å². The normalized spacial score (nSPS) is 13.1. The number of nitrogens with two attached hydrogens (primary N) is 1. The third-order valence-corrected chi connectivity index (χ3v) is 6.67. The van der Waals surface area contributed by atoms with Gasteiger partial charge in [0.15, 0.2) is 0 Å². The fourth-order valence-corrected chi connectivity index (χ4v) is 4.65. The van der Waals surface area contributed by atoms with Gasteiger partial charge < -0.3 is 10.2 Å². The molecule has 9 heteroatoms. The zero-order chi connectivity index (χ0) is 26.7. The molecule has 1 aliphatic heterocycles. The maximum absolute atomic E-state index is 12.5. The predicted octanol–water partition coefficient (Wildman–Crippen LogP) is 4.88. The number of hydrogen-bond donors (Lipinski definition) is 2. The van der Waals surface area contributed by atoms with E-state index < -0.39 is 10.0 Å². The first-order valence-corrected chi connectivity index (χ1v) is 13.8. The van der Waals surface area contributed by atoms with Crippen LogP contribution in [0.25, 0.3) is 10.8 Å². The van der Waals surface area contributed by atoms with Gasteiger partial charge in [-0.15, -0.1) is 0 Å². The molecule has 0 bridgehead atoms. The van der Waals surface area contributed by atoms with E-state index in [1.807, 2.05) is 25.7 Å². The summed E-state index contributed by atoms with van der Waals surface area (Å²) >= 11 is 0. The maximum atomic E-state index is 12.5. The number of carbonyl (C=O) groups excluding carboxylic acids is 2. The second-order valence-electron chi connectivity index (χ2n) is 8.09. The molecule has 3 N–H and O–H groups in total. The van der Waals surface area contributed by atoms with Crippen molar-refractivity contribution >= 4 is 38.3 Å². The molecule has 3 aromatic rings. The average Bonchev–Trinajstić information content (AvgIpc) is 2.90. The van der Waals surface area contributed by atoms with E-state index in [-0.39, 0.29) is 10.8 Å². The number of rotatable bonds is 4. The third kappa shape index (κ3) is 7.60. The van der Waals surface area contributed by atoms with Crippen molar-refractivity contribution < 1.29 is 18.0 Å². The van der Waals surface area contributed by atoms with Gasteiger partial charge in [-0.3, -0.25) is 14.6 Å². The molecule has 194 valence electrons. The van der Waals surface area contributed by atoms with Gasteiger partial charge in [-0.25, -0.2) is 13.6 Å². The molecular weight excluding hydrogens is 476 g/mol. The summed E-state index contributed by atoms with van der Waals surface area (Å²) in [6.45, 7) is 9.66. The van der Waals surface area contributed by atoms with E-state index in [0.29, 0.717) is 40.0 Å². The molecule has 0 aliphatic carbocycles. The predicted molar refractivity (Wildman–Crippen MR) is 144 cm³/mol. The molecule has 0 spiro atoms. The Labute approximate surface area is 214 Å². The van der Waals surface area contributed by atoms with E-state index in [4.69, 9.17) is 5.14 Å². The van der Waals surface area contributed by atoms with Gasteiger partial charge in [0.1, 0.15) is 0 Å². The number of primary sulfonamides is 1. The topological polar surface area (TPSA) is 122 Å². The first-order valence-electron chi connectivity index (χ1n) is 12.3. The summed E-state index contributed by atoms with van der Waals surface area (Å²) in [4.78, 5) is 29.7. The molecule has 1 fully saturated rings. The summed E-state index contributed by atoms with van der Waals surface area (Å²) in [6.07, 6.45) is 5.98. The maximum Gasteiger partial charge on any atom is 0.257 e. The molecule has 0 unspecified atom stereocenters. The number of anilines is 1. The highest BCUT2D eigenvalue weighted by Gasteiger charge is 2.17. The van der Waals surface area contributed by atoms with Crippen LogP contribution in [0, 0.1) is 6.92 Å². The summed E-state index contributed by atoms with van der Waals surface area (Å²) in [5, 5.41) is 9.12. The number of sulfonamides is 1. The minimum absolute atomic E-state index is 0.0219. The highest BCUT2D eigenvalue weighted by molar-refractivity contribution is 7.89. The number of fused-ring (bicyclic) bond motifs is 1. The van der Waals surface area contributed by atoms with Crippen LogP contribution in [0.2, 0.25) is 0 Å². The number of likely N-dealkylation sites (tertiary alicyclic amines) is 1. The van der Waals surface area contributed by atoms with E-state index in [1.54, 1.807) is 49.5 Å². The average molecular weight is 513 g/mol. The highest BCUT2D eigenvalue weighted by atomic mass is 32.2. The molecular formula is C27H36N4O4S. The van der Waals surface area contributed by atoms with Gasteiger partial charge in [-0.05, 0) is 50.5 Å². The molecule has 8 nitrogen and oxygen atoms in total. The number of benzene rings is 2. The molecule has 0 atom stereocenters. The number of aromatic nitrogens is 1. The minimum atomic E-state index is -3.86. The van der Waals surface area contributed by atoms with Crippen LogP contribution in [-0.4, -0.2) is 43.2 Å². The Kier molecular flexibility index (Phi) is 11.0. The molecule has 0 saturated carbocycles. The lowest BCUT2D eigenvalue weighted by molar-refractivity contribution is -0.131. The number of amides is 2. The Morgan fingerprint density at radius 2 is 1.61 bits per heavy atom. The lowest BCUT2D eigenvalue weighted by atomic mass is 10.1. The first kappa shape index (κ1) is 28.9. The molecule has 2 aromatic carbocycles. The van der Waals surface area contributed by atoms with E-state index in [2.05, 4.69) is 10.3 Å². The van der Waals surface area contributed by atoms with Gasteiger partial charge in [-0.1, -0.05) is 45.0 Å². The molecule has 1 saturated heterocycles. The summed E-state index contributed by atoms with van der Waals surface area (Å²) < 4.78 is 23.5. The number of piperidine rings is 1. The molecule has 2 heterocycles. The Bertz CT molecular complexity index is 1290. The third-order valence-electron chi connectivity index (χ3n) is 5.70.